The summed E-state index contributed by atoms with van der Waals surface area (Å²) in [6.45, 7) is 2.15. The summed E-state index contributed by atoms with van der Waals surface area (Å²) in [7, 11) is 0. The summed E-state index contributed by atoms with van der Waals surface area (Å²) in [6.07, 6.45) is 4.94. The number of nitrogens with zero attached hydrogens (tertiary/aromatic N) is 1. The van der Waals surface area contributed by atoms with Gasteiger partial charge in [-0.25, -0.2) is 4.98 Å². The lowest BCUT2D eigenvalue weighted by Crippen LogP contribution is -2.21. The van der Waals surface area contributed by atoms with Crippen LogP contribution in [-0.4, -0.2) is 16.2 Å². The molecule has 2 atom stereocenters. The maximum absolute atomic E-state index is 9.87. The maximum Gasteiger partial charge on any atom is 0.0950 e. The molecule has 0 aliphatic heterocycles. The molecule has 1 aromatic rings. The van der Waals surface area contributed by atoms with E-state index in [0.29, 0.717) is 5.92 Å². The zero-order valence-corrected chi connectivity index (χ0v) is 8.63. The molecule has 72 valence electrons. The summed E-state index contributed by atoms with van der Waals surface area (Å²) < 4.78 is 0. The quantitative estimate of drug-likeness (QED) is 0.801. The number of rotatable bonds is 4. The van der Waals surface area contributed by atoms with Crippen LogP contribution in [0.3, 0.4) is 0 Å². The van der Waals surface area contributed by atoms with Crippen LogP contribution in [0.1, 0.15) is 24.8 Å². The molecule has 2 rings (SSSR count). The van der Waals surface area contributed by atoms with Crippen molar-refractivity contribution >= 4 is 11.3 Å². The summed E-state index contributed by atoms with van der Waals surface area (Å²) >= 11 is 1.63. The van der Waals surface area contributed by atoms with Crippen LogP contribution in [0, 0.1) is 11.8 Å². The Hall–Kier alpha value is -0.410. The molecule has 2 unspecified atom stereocenters. The highest BCUT2D eigenvalue weighted by molar-refractivity contribution is 7.09. The van der Waals surface area contributed by atoms with Gasteiger partial charge in [0.05, 0.1) is 11.1 Å². The molecule has 0 bridgehead atoms. The van der Waals surface area contributed by atoms with Crippen molar-refractivity contribution in [3.05, 3.63) is 16.6 Å². The van der Waals surface area contributed by atoms with E-state index in [1.165, 1.54) is 12.8 Å². The molecule has 1 heterocycles. The van der Waals surface area contributed by atoms with Crippen LogP contribution < -0.4 is 0 Å². The predicted molar refractivity (Wildman–Crippen MR) is 53.7 cm³/mol. The first-order chi connectivity index (χ1) is 6.27. The van der Waals surface area contributed by atoms with Gasteiger partial charge in [-0.1, -0.05) is 6.92 Å². The Morgan fingerprint density at radius 1 is 1.69 bits per heavy atom. The molecular weight excluding hydrogens is 182 g/mol. The van der Waals surface area contributed by atoms with Crippen molar-refractivity contribution in [2.75, 3.05) is 0 Å². The summed E-state index contributed by atoms with van der Waals surface area (Å²) in [4.78, 5) is 4.18. The molecule has 0 saturated heterocycles. The summed E-state index contributed by atoms with van der Waals surface area (Å²) in [5.74, 6) is 1.22. The second-order valence-electron chi connectivity index (χ2n) is 3.89. The lowest BCUT2D eigenvalue weighted by Gasteiger charge is -2.16. The Labute approximate surface area is 82.6 Å². The smallest absolute Gasteiger partial charge is 0.0950 e. The second-order valence-corrected chi connectivity index (χ2v) is 4.87. The van der Waals surface area contributed by atoms with E-state index in [4.69, 9.17) is 0 Å². The van der Waals surface area contributed by atoms with Crippen LogP contribution in [-0.2, 0) is 6.42 Å². The van der Waals surface area contributed by atoms with E-state index >= 15 is 0 Å². The van der Waals surface area contributed by atoms with Crippen LogP contribution in [0.5, 0.6) is 0 Å². The van der Waals surface area contributed by atoms with Crippen molar-refractivity contribution in [2.24, 2.45) is 11.8 Å². The molecule has 1 saturated carbocycles. The van der Waals surface area contributed by atoms with Gasteiger partial charge in [-0.2, -0.15) is 0 Å². The lowest BCUT2D eigenvalue weighted by molar-refractivity contribution is 0.105. The van der Waals surface area contributed by atoms with Crippen molar-refractivity contribution in [2.45, 2.75) is 32.3 Å². The monoisotopic (exact) mass is 197 g/mol. The fraction of sp³-hybridized carbons (Fsp3) is 0.700. The Morgan fingerprint density at radius 3 is 3.00 bits per heavy atom. The number of aliphatic hydroxyl groups is 1. The van der Waals surface area contributed by atoms with Crippen molar-refractivity contribution in [3.63, 3.8) is 0 Å². The van der Waals surface area contributed by atoms with Crippen LogP contribution in [0.4, 0.5) is 0 Å². The third-order valence-electron chi connectivity index (χ3n) is 2.84. The molecule has 0 radical (unpaired) electrons. The van der Waals surface area contributed by atoms with Crippen molar-refractivity contribution < 1.29 is 5.11 Å². The number of aliphatic hydroxyl groups excluding tert-OH is 1. The number of thiazole rings is 1. The minimum atomic E-state index is -0.196. The molecular formula is C10H15NOS. The zero-order valence-electron chi connectivity index (χ0n) is 7.81. The van der Waals surface area contributed by atoms with E-state index in [1.807, 2.05) is 5.38 Å². The van der Waals surface area contributed by atoms with E-state index in [2.05, 4.69) is 11.9 Å². The number of aromatic nitrogens is 1. The molecule has 1 aliphatic rings. The van der Waals surface area contributed by atoms with Crippen molar-refractivity contribution in [1.82, 2.24) is 4.98 Å². The minimum absolute atomic E-state index is 0.196. The van der Waals surface area contributed by atoms with Gasteiger partial charge in [0.1, 0.15) is 0 Å². The van der Waals surface area contributed by atoms with Gasteiger partial charge in [-0.15, -0.1) is 11.3 Å². The fourth-order valence-electron chi connectivity index (χ4n) is 1.65. The molecule has 0 spiro atoms. The standard InChI is InChI=1S/C10H15NOS/c1-7(8-2-3-8)9(12)6-10-11-4-5-13-10/h4-5,7-9,12H,2-3,6H2,1H3. The molecule has 1 fully saturated rings. The maximum atomic E-state index is 9.87. The largest absolute Gasteiger partial charge is 0.392 e. The van der Waals surface area contributed by atoms with Crippen LogP contribution in [0.15, 0.2) is 11.6 Å². The number of hydrogen-bond acceptors (Lipinski definition) is 3. The van der Waals surface area contributed by atoms with E-state index in [-0.39, 0.29) is 6.10 Å². The van der Waals surface area contributed by atoms with Gasteiger partial charge >= 0.3 is 0 Å². The van der Waals surface area contributed by atoms with Gasteiger partial charge in [-0.3, -0.25) is 0 Å². The number of hydrogen-bond donors (Lipinski definition) is 1. The van der Waals surface area contributed by atoms with Gasteiger partial charge in [0.15, 0.2) is 0 Å². The highest BCUT2D eigenvalue weighted by atomic mass is 32.1. The fourth-order valence-corrected chi connectivity index (χ4v) is 2.32. The summed E-state index contributed by atoms with van der Waals surface area (Å²) in [5, 5.41) is 12.9. The average molecular weight is 197 g/mol. The van der Waals surface area contributed by atoms with Crippen molar-refractivity contribution in [3.8, 4) is 0 Å². The van der Waals surface area contributed by atoms with E-state index in [9.17, 15) is 5.11 Å². The van der Waals surface area contributed by atoms with Gasteiger partial charge in [-0.05, 0) is 24.7 Å². The molecule has 2 nitrogen and oxygen atoms in total. The summed E-state index contributed by atoms with van der Waals surface area (Å²) in [5.41, 5.74) is 0. The second kappa shape index (κ2) is 3.76. The van der Waals surface area contributed by atoms with Crippen molar-refractivity contribution in [1.29, 1.82) is 0 Å². The van der Waals surface area contributed by atoms with Crippen LogP contribution in [0.2, 0.25) is 0 Å². The normalized spacial score (nSPS) is 21.4. The molecule has 0 aromatic carbocycles. The third-order valence-corrected chi connectivity index (χ3v) is 3.64. The first-order valence-corrected chi connectivity index (χ1v) is 5.72. The third kappa shape index (κ3) is 2.29. The summed E-state index contributed by atoms with van der Waals surface area (Å²) in [6, 6.07) is 0. The molecule has 1 aromatic heterocycles. The van der Waals surface area contributed by atoms with Gasteiger partial charge in [0.2, 0.25) is 0 Å². The highest BCUT2D eigenvalue weighted by Gasteiger charge is 2.32. The first kappa shape index (κ1) is 9.16. The molecule has 1 N–H and O–H groups in total. The zero-order chi connectivity index (χ0) is 9.26. The van der Waals surface area contributed by atoms with Crippen LogP contribution >= 0.6 is 11.3 Å². The van der Waals surface area contributed by atoms with Gasteiger partial charge in [0, 0.05) is 18.0 Å². The molecule has 13 heavy (non-hydrogen) atoms. The average Bonchev–Trinajstić information content (AvgIpc) is 2.85. The lowest BCUT2D eigenvalue weighted by atomic mass is 9.97. The predicted octanol–water partition coefficient (Wildman–Crippen LogP) is 2.09. The Kier molecular flexibility index (Phi) is 2.65. The SMILES string of the molecule is CC(C(O)Cc1nccs1)C1CC1. The van der Waals surface area contributed by atoms with E-state index < -0.39 is 0 Å². The van der Waals surface area contributed by atoms with E-state index in [0.717, 1.165) is 17.3 Å². The molecule has 1 aliphatic carbocycles. The first-order valence-electron chi connectivity index (χ1n) is 4.84. The van der Waals surface area contributed by atoms with Crippen LogP contribution in [0.25, 0.3) is 0 Å². The topological polar surface area (TPSA) is 33.1 Å². The Balaban J connectivity index is 1.86. The van der Waals surface area contributed by atoms with Gasteiger partial charge in [0.25, 0.3) is 0 Å². The van der Waals surface area contributed by atoms with Gasteiger partial charge < -0.3 is 5.11 Å². The Bertz CT molecular complexity index is 256. The molecule has 0 amide bonds. The molecule has 3 heteroatoms. The van der Waals surface area contributed by atoms with E-state index in [1.54, 1.807) is 17.5 Å². The minimum Gasteiger partial charge on any atom is -0.392 e. The Morgan fingerprint density at radius 2 is 2.46 bits per heavy atom. The highest BCUT2D eigenvalue weighted by Crippen LogP contribution is 2.38.